The maximum absolute atomic E-state index is 13.2. The molecule has 33 heavy (non-hydrogen) atoms. The zero-order valence-electron chi connectivity index (χ0n) is 17.7. The van der Waals surface area contributed by atoms with E-state index in [0.717, 1.165) is 5.56 Å². The molecule has 3 rings (SSSR count). The predicted molar refractivity (Wildman–Crippen MR) is 109 cm³/mol. The Morgan fingerprint density at radius 2 is 1.61 bits per heavy atom. The van der Waals surface area contributed by atoms with Crippen molar-refractivity contribution >= 4 is 5.91 Å². The first-order valence-corrected chi connectivity index (χ1v) is 10.4. The van der Waals surface area contributed by atoms with E-state index in [9.17, 15) is 31.1 Å². The Morgan fingerprint density at radius 3 is 2.12 bits per heavy atom. The second kappa shape index (κ2) is 9.72. The summed E-state index contributed by atoms with van der Waals surface area (Å²) in [6.45, 7) is 1.38. The molecule has 0 saturated heterocycles. The zero-order valence-corrected chi connectivity index (χ0v) is 17.7. The summed E-state index contributed by atoms with van der Waals surface area (Å²) in [4.78, 5) is 11.2. The Labute approximate surface area is 187 Å². The maximum Gasteiger partial charge on any atom is 0.416 e. The van der Waals surface area contributed by atoms with Gasteiger partial charge in [0.05, 0.1) is 29.9 Å². The van der Waals surface area contributed by atoms with Crippen LogP contribution in [-0.4, -0.2) is 24.6 Å². The normalized spacial score (nSPS) is 22.3. The molecule has 0 aromatic heterocycles. The third-order valence-corrected chi connectivity index (χ3v) is 5.78. The highest BCUT2D eigenvalue weighted by atomic mass is 19.4. The van der Waals surface area contributed by atoms with Gasteiger partial charge in [-0.15, -0.1) is 0 Å². The molecule has 0 bridgehead atoms. The van der Waals surface area contributed by atoms with E-state index in [0.29, 0.717) is 25.0 Å². The summed E-state index contributed by atoms with van der Waals surface area (Å²) in [6, 6.07) is 10.5. The number of rotatable bonds is 7. The molecule has 2 aromatic carbocycles. The van der Waals surface area contributed by atoms with Gasteiger partial charge in [-0.3, -0.25) is 4.79 Å². The van der Waals surface area contributed by atoms with E-state index in [-0.39, 0.29) is 30.1 Å². The fourth-order valence-electron chi connectivity index (χ4n) is 4.25. The van der Waals surface area contributed by atoms with Crippen molar-refractivity contribution in [3.63, 3.8) is 0 Å². The van der Waals surface area contributed by atoms with Gasteiger partial charge in [-0.05, 0) is 49.1 Å². The second-order valence-electron chi connectivity index (χ2n) is 8.12. The van der Waals surface area contributed by atoms with Crippen LogP contribution in [0, 0.1) is 0 Å². The summed E-state index contributed by atoms with van der Waals surface area (Å²) in [6.07, 6.45) is -10.3. The zero-order chi connectivity index (χ0) is 24.4. The van der Waals surface area contributed by atoms with Gasteiger partial charge in [0, 0.05) is 12.0 Å². The first-order valence-electron chi connectivity index (χ1n) is 10.4. The summed E-state index contributed by atoms with van der Waals surface area (Å²) in [5, 5.41) is 3.08. The highest BCUT2D eigenvalue weighted by Crippen LogP contribution is 2.41. The van der Waals surface area contributed by atoms with Crippen LogP contribution in [0.15, 0.2) is 48.5 Å². The number of ether oxygens (including phenoxy) is 1. The Balaban J connectivity index is 1.89. The van der Waals surface area contributed by atoms with Crippen molar-refractivity contribution < 1.29 is 35.9 Å². The Bertz CT molecular complexity index is 929. The van der Waals surface area contributed by atoms with Gasteiger partial charge in [0.25, 0.3) is 0 Å². The highest BCUT2D eigenvalue weighted by Gasteiger charge is 2.40. The lowest BCUT2D eigenvalue weighted by Gasteiger charge is -2.29. The number of hydrogen-bond acceptors (Lipinski definition) is 3. The van der Waals surface area contributed by atoms with Crippen LogP contribution in [-0.2, 0) is 21.9 Å². The van der Waals surface area contributed by atoms with Gasteiger partial charge in [-0.2, -0.15) is 26.3 Å². The van der Waals surface area contributed by atoms with Gasteiger partial charge in [-0.1, -0.05) is 30.3 Å². The molecule has 180 valence electrons. The van der Waals surface area contributed by atoms with Crippen LogP contribution in [0.2, 0.25) is 0 Å². The fraction of sp³-hybridized carbons (Fsp3) is 0.435. The summed E-state index contributed by atoms with van der Waals surface area (Å²) in [5.74, 6) is -0.802. The molecule has 4 nitrogen and oxygen atoms in total. The van der Waals surface area contributed by atoms with Gasteiger partial charge >= 0.3 is 12.4 Å². The molecule has 2 aromatic rings. The number of nitrogens with two attached hydrogens (primary N) is 1. The topological polar surface area (TPSA) is 64.3 Å². The first-order chi connectivity index (χ1) is 15.4. The summed E-state index contributed by atoms with van der Waals surface area (Å²) >= 11 is 0. The number of nitrogens with one attached hydrogen (secondary N) is 1. The number of benzene rings is 2. The number of carbonyl (C=O) groups is 1. The molecule has 1 amide bonds. The summed E-state index contributed by atoms with van der Waals surface area (Å²) in [5.41, 5.74) is 3.14. The molecule has 1 fully saturated rings. The lowest BCUT2D eigenvalue weighted by Crippen LogP contribution is -2.39. The Hall–Kier alpha value is -2.59. The quantitative estimate of drug-likeness (QED) is 0.543. The van der Waals surface area contributed by atoms with Gasteiger partial charge in [0.15, 0.2) is 0 Å². The number of halogens is 6. The molecule has 0 heterocycles. The van der Waals surface area contributed by atoms with Crippen molar-refractivity contribution in [2.45, 2.75) is 56.3 Å². The van der Waals surface area contributed by atoms with E-state index in [2.05, 4.69) is 5.32 Å². The van der Waals surface area contributed by atoms with E-state index >= 15 is 0 Å². The van der Waals surface area contributed by atoms with Crippen molar-refractivity contribution in [2.24, 2.45) is 5.73 Å². The van der Waals surface area contributed by atoms with Crippen LogP contribution in [0.5, 0.6) is 0 Å². The SMILES string of the molecule is C[C@@H](O[C@H]1CC[C@@H](NCC(N)=O)[C@@H]1c1ccccc1)c1cc(C(F)(F)F)cc(C(F)(F)F)c1. The molecule has 0 spiro atoms. The number of primary amides is 1. The summed E-state index contributed by atoms with van der Waals surface area (Å²) in [7, 11) is 0. The molecule has 0 unspecified atom stereocenters. The molecule has 0 radical (unpaired) electrons. The van der Waals surface area contributed by atoms with E-state index in [1.807, 2.05) is 30.3 Å². The minimum Gasteiger partial charge on any atom is -0.370 e. The number of alkyl halides is 6. The number of amides is 1. The molecule has 3 N–H and O–H groups in total. The highest BCUT2D eigenvalue weighted by molar-refractivity contribution is 5.75. The van der Waals surface area contributed by atoms with Gasteiger partial charge < -0.3 is 15.8 Å². The molecular weight excluding hydrogens is 450 g/mol. The standard InChI is InChI=1S/C23H24F6N2O2/c1-13(15-9-16(22(24,25)26)11-17(10-15)23(27,28)29)33-19-8-7-18(31-12-20(30)32)21(19)14-5-3-2-4-6-14/h2-6,9-11,13,18-19,21,31H,7-8,12H2,1H3,(H2,30,32)/t13-,18-,19+,21+/m1/s1. The van der Waals surface area contributed by atoms with Crippen LogP contribution in [0.25, 0.3) is 0 Å². The molecular formula is C23H24F6N2O2. The van der Waals surface area contributed by atoms with E-state index < -0.39 is 41.6 Å². The minimum atomic E-state index is -4.93. The Morgan fingerprint density at radius 1 is 1.03 bits per heavy atom. The van der Waals surface area contributed by atoms with Gasteiger partial charge in [0.1, 0.15) is 0 Å². The fourth-order valence-corrected chi connectivity index (χ4v) is 4.25. The largest absolute Gasteiger partial charge is 0.416 e. The van der Waals surface area contributed by atoms with E-state index in [1.165, 1.54) is 6.92 Å². The van der Waals surface area contributed by atoms with Crippen molar-refractivity contribution in [3.05, 3.63) is 70.8 Å². The number of carbonyl (C=O) groups excluding carboxylic acids is 1. The lowest BCUT2D eigenvalue weighted by atomic mass is 9.92. The maximum atomic E-state index is 13.2. The monoisotopic (exact) mass is 474 g/mol. The molecule has 1 aliphatic rings. The minimum absolute atomic E-state index is 0.0567. The van der Waals surface area contributed by atoms with Crippen molar-refractivity contribution in [2.75, 3.05) is 6.54 Å². The third-order valence-electron chi connectivity index (χ3n) is 5.78. The van der Waals surface area contributed by atoms with Crippen molar-refractivity contribution in [3.8, 4) is 0 Å². The van der Waals surface area contributed by atoms with Crippen LogP contribution >= 0.6 is 0 Å². The van der Waals surface area contributed by atoms with Crippen molar-refractivity contribution in [1.29, 1.82) is 0 Å². The molecule has 1 saturated carbocycles. The predicted octanol–water partition coefficient (Wildman–Crippen LogP) is 5.19. The van der Waals surface area contributed by atoms with Crippen LogP contribution in [0.1, 0.15) is 54.0 Å². The average molecular weight is 474 g/mol. The first kappa shape index (κ1) is 25.0. The third kappa shape index (κ3) is 6.26. The van der Waals surface area contributed by atoms with Crippen molar-refractivity contribution in [1.82, 2.24) is 5.32 Å². The molecule has 4 atom stereocenters. The molecule has 1 aliphatic carbocycles. The van der Waals surface area contributed by atoms with Crippen LogP contribution in [0.4, 0.5) is 26.3 Å². The number of hydrogen-bond donors (Lipinski definition) is 2. The second-order valence-corrected chi connectivity index (χ2v) is 8.12. The lowest BCUT2D eigenvalue weighted by molar-refractivity contribution is -0.143. The van der Waals surface area contributed by atoms with E-state index in [1.54, 1.807) is 0 Å². The average Bonchev–Trinajstić information content (AvgIpc) is 3.13. The van der Waals surface area contributed by atoms with E-state index in [4.69, 9.17) is 10.5 Å². The van der Waals surface area contributed by atoms with Gasteiger partial charge in [-0.25, -0.2) is 0 Å². The molecule has 0 aliphatic heterocycles. The molecule has 10 heteroatoms. The van der Waals surface area contributed by atoms with Crippen LogP contribution < -0.4 is 11.1 Å². The van der Waals surface area contributed by atoms with Gasteiger partial charge in [0.2, 0.25) is 5.91 Å². The van der Waals surface area contributed by atoms with Crippen LogP contribution in [0.3, 0.4) is 0 Å². The summed E-state index contributed by atoms with van der Waals surface area (Å²) < 4.78 is 85.5. The smallest absolute Gasteiger partial charge is 0.370 e. The Kier molecular flexibility index (Phi) is 7.38.